The summed E-state index contributed by atoms with van der Waals surface area (Å²) in [5.41, 5.74) is 1.06. The maximum Gasteiger partial charge on any atom is 0.416 e. The van der Waals surface area contributed by atoms with Crippen LogP contribution < -0.4 is 4.74 Å². The number of alkyl halides is 6. The van der Waals surface area contributed by atoms with Gasteiger partial charge in [0.25, 0.3) is 0 Å². The quantitative estimate of drug-likeness (QED) is 0.143. The fourth-order valence-corrected chi connectivity index (χ4v) is 5.96. The summed E-state index contributed by atoms with van der Waals surface area (Å²) in [6, 6.07) is 15.8. The minimum atomic E-state index is -5.06. The van der Waals surface area contributed by atoms with E-state index in [0.717, 1.165) is 16.7 Å². The van der Waals surface area contributed by atoms with Crippen LogP contribution in [0.1, 0.15) is 51.2 Å². The number of cyclic esters (lactones) is 1. The van der Waals surface area contributed by atoms with Gasteiger partial charge in [0.2, 0.25) is 0 Å². The van der Waals surface area contributed by atoms with E-state index in [1.807, 2.05) is 19.1 Å². The van der Waals surface area contributed by atoms with Crippen LogP contribution in [0.2, 0.25) is 5.02 Å². The van der Waals surface area contributed by atoms with Crippen molar-refractivity contribution in [3.8, 4) is 28.0 Å². The van der Waals surface area contributed by atoms with Gasteiger partial charge in [-0.15, -0.1) is 0 Å². The first kappa shape index (κ1) is 34.6. The van der Waals surface area contributed by atoms with Crippen molar-refractivity contribution in [2.45, 2.75) is 44.9 Å². The van der Waals surface area contributed by atoms with Crippen molar-refractivity contribution >= 4 is 23.7 Å². The number of benzene rings is 4. The molecule has 0 aromatic heterocycles. The van der Waals surface area contributed by atoms with Crippen LogP contribution in [0.3, 0.4) is 0 Å². The lowest BCUT2D eigenvalue weighted by molar-refractivity contribution is -0.143. The number of hydrogen-bond donors (Lipinski definition) is 0. The second-order valence-electron chi connectivity index (χ2n) is 11.2. The molecule has 5 rings (SSSR count). The fourth-order valence-electron chi connectivity index (χ4n) is 5.76. The molecular weight excluding hydrogens is 664 g/mol. The van der Waals surface area contributed by atoms with E-state index in [-0.39, 0.29) is 12.6 Å². The zero-order valence-electron chi connectivity index (χ0n) is 25.9. The van der Waals surface area contributed by atoms with Gasteiger partial charge in [-0.2, -0.15) is 26.3 Å². The standard InChI is InChI=1S/C35H28ClF6NO5/c1-18-11-21(32(44)47-4)5-8-27(18)20-6-10-30(46-3)29(15-20)28-9-7-26(36)14-23(28)17-43-19(2)31(48-33(43)45)22-12-24(34(37,38)39)16-25(13-22)35(40,41)42/h5-16,19,31H,17H2,1-4H3/t19-,31-/m0/s1. The maximum absolute atomic E-state index is 13.6. The Morgan fingerprint density at radius 2 is 1.50 bits per heavy atom. The lowest BCUT2D eigenvalue weighted by Crippen LogP contribution is -2.31. The van der Waals surface area contributed by atoms with Gasteiger partial charge in [-0.1, -0.05) is 29.8 Å². The first-order valence-electron chi connectivity index (χ1n) is 14.4. The van der Waals surface area contributed by atoms with Crippen LogP contribution >= 0.6 is 11.6 Å². The molecule has 1 heterocycles. The second-order valence-corrected chi connectivity index (χ2v) is 11.7. The molecule has 0 bridgehead atoms. The molecule has 0 aliphatic carbocycles. The molecule has 1 aliphatic heterocycles. The molecule has 0 radical (unpaired) electrons. The fraction of sp³-hybridized carbons (Fsp3) is 0.257. The summed E-state index contributed by atoms with van der Waals surface area (Å²) in [6.45, 7) is 3.19. The SMILES string of the molecule is COC(=O)c1ccc(-c2ccc(OC)c(-c3ccc(Cl)cc3CN3C(=O)O[C@H](c4cc(C(F)(F)F)cc(C(F)(F)F)c4)[C@@H]3C)c2)c(C)c1. The molecule has 1 amide bonds. The highest BCUT2D eigenvalue weighted by molar-refractivity contribution is 6.30. The van der Waals surface area contributed by atoms with Crippen LogP contribution in [0.25, 0.3) is 22.3 Å². The monoisotopic (exact) mass is 691 g/mol. The molecule has 13 heteroatoms. The van der Waals surface area contributed by atoms with Gasteiger partial charge in [-0.3, -0.25) is 4.90 Å². The first-order chi connectivity index (χ1) is 22.5. The van der Waals surface area contributed by atoms with Gasteiger partial charge in [-0.25, -0.2) is 9.59 Å². The smallest absolute Gasteiger partial charge is 0.416 e. The third-order valence-electron chi connectivity index (χ3n) is 8.19. The molecule has 6 nitrogen and oxygen atoms in total. The number of nitrogens with zero attached hydrogens (tertiary/aromatic N) is 1. The molecule has 1 aliphatic rings. The summed E-state index contributed by atoms with van der Waals surface area (Å²) in [4.78, 5) is 26.4. The van der Waals surface area contributed by atoms with E-state index in [2.05, 4.69) is 0 Å². The molecule has 4 aromatic rings. The van der Waals surface area contributed by atoms with Crippen molar-refractivity contribution in [2.24, 2.45) is 0 Å². The molecule has 48 heavy (non-hydrogen) atoms. The predicted octanol–water partition coefficient (Wildman–Crippen LogP) is 9.90. The number of rotatable bonds is 7. The molecule has 0 N–H and O–H groups in total. The van der Waals surface area contributed by atoms with Crippen LogP contribution in [0.15, 0.2) is 72.8 Å². The summed E-state index contributed by atoms with van der Waals surface area (Å²) < 4.78 is 97.2. The molecule has 1 saturated heterocycles. The highest BCUT2D eigenvalue weighted by Gasteiger charge is 2.43. The van der Waals surface area contributed by atoms with Gasteiger partial charge in [0.1, 0.15) is 11.9 Å². The Balaban J connectivity index is 1.53. The van der Waals surface area contributed by atoms with Crippen molar-refractivity contribution in [3.63, 3.8) is 0 Å². The number of hydrogen-bond acceptors (Lipinski definition) is 5. The minimum absolute atomic E-state index is 0.0252. The number of aryl methyl sites for hydroxylation is 1. The van der Waals surface area contributed by atoms with Crippen molar-refractivity contribution in [1.82, 2.24) is 4.90 Å². The highest BCUT2D eigenvalue weighted by atomic mass is 35.5. The van der Waals surface area contributed by atoms with Crippen molar-refractivity contribution in [1.29, 1.82) is 0 Å². The van der Waals surface area contributed by atoms with Gasteiger partial charge in [-0.05, 0) is 102 Å². The average molecular weight is 692 g/mol. The Hall–Kier alpha value is -4.71. The molecule has 0 spiro atoms. The van der Waals surface area contributed by atoms with Crippen LogP contribution in [-0.4, -0.2) is 37.2 Å². The van der Waals surface area contributed by atoms with E-state index >= 15 is 0 Å². The topological polar surface area (TPSA) is 65.1 Å². The van der Waals surface area contributed by atoms with E-state index in [0.29, 0.717) is 45.2 Å². The van der Waals surface area contributed by atoms with Crippen LogP contribution in [0.4, 0.5) is 31.1 Å². The van der Waals surface area contributed by atoms with Crippen molar-refractivity contribution in [2.75, 3.05) is 14.2 Å². The summed E-state index contributed by atoms with van der Waals surface area (Å²) >= 11 is 6.36. The van der Waals surface area contributed by atoms with E-state index in [1.165, 1.54) is 26.0 Å². The van der Waals surface area contributed by atoms with Crippen molar-refractivity contribution < 1.29 is 50.1 Å². The normalized spacial score (nSPS) is 16.6. The largest absolute Gasteiger partial charge is 0.496 e. The van der Waals surface area contributed by atoms with Crippen LogP contribution in [-0.2, 0) is 28.4 Å². The van der Waals surface area contributed by atoms with Gasteiger partial charge in [0.15, 0.2) is 0 Å². The third-order valence-corrected chi connectivity index (χ3v) is 8.42. The van der Waals surface area contributed by atoms with Gasteiger partial charge in [0, 0.05) is 10.6 Å². The minimum Gasteiger partial charge on any atom is -0.496 e. The Morgan fingerprint density at radius 1 is 0.854 bits per heavy atom. The Morgan fingerprint density at radius 3 is 2.08 bits per heavy atom. The number of methoxy groups -OCH3 is 2. The molecule has 4 aromatic carbocycles. The third kappa shape index (κ3) is 6.94. The Bertz CT molecular complexity index is 1860. The molecule has 0 unspecified atom stereocenters. The summed E-state index contributed by atoms with van der Waals surface area (Å²) in [5, 5.41) is 0.322. The van der Waals surface area contributed by atoms with E-state index in [4.69, 9.17) is 25.8 Å². The number of carbonyl (C=O) groups excluding carboxylic acids is 2. The van der Waals surface area contributed by atoms with Crippen LogP contribution in [0.5, 0.6) is 5.75 Å². The van der Waals surface area contributed by atoms with Crippen molar-refractivity contribution in [3.05, 3.63) is 111 Å². The zero-order valence-corrected chi connectivity index (χ0v) is 26.7. The van der Waals surface area contributed by atoms with Gasteiger partial charge >= 0.3 is 24.4 Å². The zero-order chi connectivity index (χ0) is 35.1. The number of amides is 1. The average Bonchev–Trinajstić information content (AvgIpc) is 3.31. The molecule has 2 atom stereocenters. The van der Waals surface area contributed by atoms with E-state index < -0.39 is 53.3 Å². The number of carbonyl (C=O) groups is 2. The van der Waals surface area contributed by atoms with E-state index in [9.17, 15) is 35.9 Å². The van der Waals surface area contributed by atoms with Gasteiger partial charge < -0.3 is 14.2 Å². The molecule has 252 valence electrons. The van der Waals surface area contributed by atoms with Crippen LogP contribution in [0, 0.1) is 6.92 Å². The van der Waals surface area contributed by atoms with Gasteiger partial charge in [0.05, 0.1) is 43.5 Å². The number of halogens is 7. The predicted molar refractivity (Wildman–Crippen MR) is 166 cm³/mol. The number of ether oxygens (including phenoxy) is 3. The number of esters is 1. The second kappa shape index (κ2) is 13.1. The van der Waals surface area contributed by atoms with E-state index in [1.54, 1.807) is 42.5 Å². The first-order valence-corrected chi connectivity index (χ1v) is 14.8. The lowest BCUT2D eigenvalue weighted by Gasteiger charge is -2.24. The Kier molecular flexibility index (Phi) is 9.42. The highest BCUT2D eigenvalue weighted by Crippen LogP contribution is 2.43. The lowest BCUT2D eigenvalue weighted by atomic mass is 9.92. The Labute approximate surface area is 276 Å². The molecule has 0 saturated carbocycles. The summed E-state index contributed by atoms with van der Waals surface area (Å²) in [5.74, 6) is 0.00126. The summed E-state index contributed by atoms with van der Waals surface area (Å²) in [7, 11) is 2.78. The molecule has 1 fully saturated rings. The summed E-state index contributed by atoms with van der Waals surface area (Å²) in [6.07, 6.45) is -12.5. The molecular formula is C35H28ClF6NO5. The maximum atomic E-state index is 13.6.